The number of hydrogen-bond donors (Lipinski definition) is 2. The molecule has 0 bridgehead atoms. The van der Waals surface area contributed by atoms with Crippen molar-refractivity contribution in [3.63, 3.8) is 0 Å². The van der Waals surface area contributed by atoms with Crippen LogP contribution in [0.25, 0.3) is 0 Å². The molecule has 7 heteroatoms. The zero-order valence-electron chi connectivity index (χ0n) is 18.8. The van der Waals surface area contributed by atoms with Gasteiger partial charge in [0.2, 0.25) is 0 Å². The Morgan fingerprint density at radius 1 is 1.03 bits per heavy atom. The highest BCUT2D eigenvalue weighted by molar-refractivity contribution is 9.10. The third-order valence-corrected chi connectivity index (χ3v) is 8.38. The first kappa shape index (κ1) is 24.0. The average Bonchev–Trinajstić information content (AvgIpc) is 3.12. The maximum absolute atomic E-state index is 13.5. The molecule has 172 valence electrons. The molecule has 2 aromatic carbocycles. The quantitative estimate of drug-likeness (QED) is 0.351. The number of halogens is 2. The maximum Gasteiger partial charge on any atom is 0.258 e. The Morgan fingerprint density at radius 2 is 1.73 bits per heavy atom. The number of thiophene rings is 1. The minimum Gasteiger partial charge on any atom is -0.321 e. The molecule has 1 aliphatic rings. The topological polar surface area (TPSA) is 58.2 Å². The van der Waals surface area contributed by atoms with E-state index in [4.69, 9.17) is 11.6 Å². The lowest BCUT2D eigenvalue weighted by Gasteiger charge is -2.33. The minimum atomic E-state index is -0.318. The number of anilines is 2. The van der Waals surface area contributed by atoms with Gasteiger partial charge in [0.05, 0.1) is 21.8 Å². The monoisotopic (exact) mass is 544 g/mol. The highest BCUT2D eigenvalue weighted by atomic mass is 79.9. The summed E-state index contributed by atoms with van der Waals surface area (Å²) in [5, 5.41) is 6.95. The van der Waals surface area contributed by atoms with Crippen LogP contribution in [0, 0.1) is 11.3 Å². The van der Waals surface area contributed by atoms with E-state index in [-0.39, 0.29) is 17.2 Å². The summed E-state index contributed by atoms with van der Waals surface area (Å²) in [4.78, 5) is 27.7. The van der Waals surface area contributed by atoms with E-state index in [1.807, 2.05) is 24.3 Å². The number of hydrogen-bond acceptors (Lipinski definition) is 3. The summed E-state index contributed by atoms with van der Waals surface area (Å²) in [6, 6.07) is 14.4. The number of fused-ring (bicyclic) bond motifs is 1. The van der Waals surface area contributed by atoms with Crippen molar-refractivity contribution in [3.8, 4) is 0 Å². The number of nitrogens with one attached hydrogen (secondary N) is 2. The van der Waals surface area contributed by atoms with Gasteiger partial charge in [-0.3, -0.25) is 9.59 Å². The Morgan fingerprint density at radius 3 is 2.42 bits per heavy atom. The highest BCUT2D eigenvalue weighted by Gasteiger charge is 2.34. The van der Waals surface area contributed by atoms with Crippen LogP contribution >= 0.6 is 38.9 Å². The Bertz CT molecular complexity index is 1220. The fraction of sp³-hybridized carbons (Fsp3) is 0.308. The molecule has 0 aliphatic heterocycles. The maximum atomic E-state index is 13.5. The van der Waals surface area contributed by atoms with Gasteiger partial charge in [0.15, 0.2) is 0 Å². The molecule has 0 radical (unpaired) electrons. The number of amides is 2. The van der Waals surface area contributed by atoms with Crippen LogP contribution in [0.4, 0.5) is 10.7 Å². The van der Waals surface area contributed by atoms with Gasteiger partial charge >= 0.3 is 0 Å². The zero-order chi connectivity index (χ0) is 23.8. The van der Waals surface area contributed by atoms with E-state index in [0.717, 1.165) is 29.3 Å². The summed E-state index contributed by atoms with van der Waals surface area (Å²) in [7, 11) is 0. The minimum absolute atomic E-state index is 0.181. The molecular formula is C26H26BrClN2O2S. The van der Waals surface area contributed by atoms with E-state index in [2.05, 4.69) is 47.3 Å². The van der Waals surface area contributed by atoms with Crippen molar-refractivity contribution in [1.82, 2.24) is 0 Å². The van der Waals surface area contributed by atoms with Crippen molar-refractivity contribution in [2.24, 2.45) is 11.3 Å². The third kappa shape index (κ3) is 5.18. The average molecular weight is 546 g/mol. The Labute approximate surface area is 211 Å². The van der Waals surface area contributed by atoms with Crippen LogP contribution in [0.1, 0.15) is 58.3 Å². The molecule has 1 unspecified atom stereocenters. The summed E-state index contributed by atoms with van der Waals surface area (Å²) in [6.07, 6.45) is 2.73. The second kappa shape index (κ2) is 9.61. The van der Waals surface area contributed by atoms with Crippen molar-refractivity contribution in [2.45, 2.75) is 40.0 Å². The van der Waals surface area contributed by atoms with E-state index in [1.54, 1.807) is 24.3 Å². The van der Waals surface area contributed by atoms with Crippen molar-refractivity contribution in [1.29, 1.82) is 0 Å². The van der Waals surface area contributed by atoms with Gasteiger partial charge < -0.3 is 10.6 Å². The summed E-state index contributed by atoms with van der Waals surface area (Å²) in [5.74, 6) is -0.0143. The molecule has 2 amide bonds. The van der Waals surface area contributed by atoms with E-state index in [1.165, 1.54) is 16.2 Å². The smallest absolute Gasteiger partial charge is 0.258 e. The van der Waals surface area contributed by atoms with Crippen LogP contribution in [0.2, 0.25) is 5.02 Å². The van der Waals surface area contributed by atoms with Crippen LogP contribution in [0.3, 0.4) is 0 Å². The number of rotatable bonds is 4. The summed E-state index contributed by atoms with van der Waals surface area (Å²) < 4.78 is 0.803. The molecule has 1 aromatic heterocycles. The standard InChI is InChI=1S/C26H26BrClN2O2S/c1-26(2,3)15-12-13-17-21(14-15)33-25(30-23(31)16-8-4-6-10-19(16)28)22(17)24(32)29-20-11-7-5-9-18(20)27/h4-11,15H,12-14H2,1-3H3,(H,29,32)(H,30,31). The lowest BCUT2D eigenvalue weighted by molar-refractivity contribution is 0.102. The Balaban J connectivity index is 1.71. The number of para-hydroxylation sites is 1. The molecule has 0 saturated carbocycles. The third-order valence-electron chi connectivity index (χ3n) is 6.18. The molecule has 1 heterocycles. The van der Waals surface area contributed by atoms with E-state index < -0.39 is 0 Å². The molecule has 4 rings (SSSR count). The molecule has 4 nitrogen and oxygen atoms in total. The summed E-state index contributed by atoms with van der Waals surface area (Å²) >= 11 is 11.2. The highest BCUT2D eigenvalue weighted by Crippen LogP contribution is 2.44. The molecule has 0 spiro atoms. The van der Waals surface area contributed by atoms with Gasteiger partial charge in [-0.1, -0.05) is 56.6 Å². The summed E-state index contributed by atoms with van der Waals surface area (Å²) in [5.41, 5.74) is 2.85. The predicted molar refractivity (Wildman–Crippen MR) is 141 cm³/mol. The first-order valence-electron chi connectivity index (χ1n) is 10.9. The number of carbonyl (C=O) groups is 2. The Kier molecular flexibility index (Phi) is 6.99. The first-order valence-corrected chi connectivity index (χ1v) is 12.9. The molecule has 2 N–H and O–H groups in total. The lowest BCUT2D eigenvalue weighted by Crippen LogP contribution is -2.27. The predicted octanol–water partition coefficient (Wildman–Crippen LogP) is 7.82. The van der Waals surface area contributed by atoms with Crippen molar-refractivity contribution >= 4 is 61.4 Å². The van der Waals surface area contributed by atoms with Gasteiger partial charge in [0, 0.05) is 9.35 Å². The van der Waals surface area contributed by atoms with Crippen LogP contribution in [-0.4, -0.2) is 11.8 Å². The largest absolute Gasteiger partial charge is 0.321 e. The molecule has 1 atom stereocenters. The normalized spacial score (nSPS) is 15.6. The van der Waals surface area contributed by atoms with Crippen molar-refractivity contribution < 1.29 is 9.59 Å². The fourth-order valence-electron chi connectivity index (χ4n) is 4.22. The van der Waals surface area contributed by atoms with E-state index >= 15 is 0 Å². The lowest BCUT2D eigenvalue weighted by atomic mass is 9.72. The van der Waals surface area contributed by atoms with Gasteiger partial charge in [0.25, 0.3) is 11.8 Å². The molecule has 0 fully saturated rings. The molecule has 0 saturated heterocycles. The summed E-state index contributed by atoms with van der Waals surface area (Å²) in [6.45, 7) is 6.78. The molecule has 3 aromatic rings. The van der Waals surface area contributed by atoms with Crippen LogP contribution in [0.5, 0.6) is 0 Å². The van der Waals surface area contributed by atoms with E-state index in [0.29, 0.717) is 32.8 Å². The molecular weight excluding hydrogens is 520 g/mol. The SMILES string of the molecule is CC(C)(C)C1CCc2c(sc(NC(=O)c3ccccc3Cl)c2C(=O)Nc2ccccc2Br)C1. The van der Waals surface area contributed by atoms with Crippen LogP contribution in [0.15, 0.2) is 53.0 Å². The zero-order valence-corrected chi connectivity index (χ0v) is 22.0. The second-order valence-electron chi connectivity index (χ2n) is 9.38. The van der Waals surface area contributed by atoms with Gasteiger partial charge in [-0.05, 0) is 76.4 Å². The molecule has 33 heavy (non-hydrogen) atoms. The second-order valence-corrected chi connectivity index (χ2v) is 11.7. The number of benzene rings is 2. The van der Waals surface area contributed by atoms with E-state index in [9.17, 15) is 9.59 Å². The number of carbonyl (C=O) groups excluding carboxylic acids is 2. The molecule has 1 aliphatic carbocycles. The van der Waals surface area contributed by atoms with Gasteiger partial charge in [-0.25, -0.2) is 0 Å². The van der Waals surface area contributed by atoms with Gasteiger partial charge in [-0.2, -0.15) is 0 Å². The first-order chi connectivity index (χ1) is 15.6. The van der Waals surface area contributed by atoms with Crippen molar-refractivity contribution in [2.75, 3.05) is 10.6 Å². The fourth-order valence-corrected chi connectivity index (χ4v) is 6.14. The van der Waals surface area contributed by atoms with Gasteiger partial charge in [0.1, 0.15) is 5.00 Å². The van der Waals surface area contributed by atoms with Crippen molar-refractivity contribution in [3.05, 3.63) is 79.6 Å². The van der Waals surface area contributed by atoms with Gasteiger partial charge in [-0.15, -0.1) is 11.3 Å². The van der Waals surface area contributed by atoms with Crippen LogP contribution < -0.4 is 10.6 Å². The van der Waals surface area contributed by atoms with Crippen LogP contribution in [-0.2, 0) is 12.8 Å². The Hall–Kier alpha value is -2.15.